The molecule has 0 saturated heterocycles. The van der Waals surface area contributed by atoms with Gasteiger partial charge in [-0.3, -0.25) is 0 Å². The van der Waals surface area contributed by atoms with Crippen molar-refractivity contribution >= 4 is 11.6 Å². The Kier molecular flexibility index (Phi) is 3.99. The fraction of sp³-hybridized carbons (Fsp3) is 0.250. The van der Waals surface area contributed by atoms with E-state index < -0.39 is 11.9 Å². The molecular weight excluding hydrogens is 295 g/mol. The molecule has 3 nitrogen and oxygen atoms in total. The quantitative estimate of drug-likeness (QED) is 0.919. The van der Waals surface area contributed by atoms with E-state index in [9.17, 15) is 9.50 Å². The van der Waals surface area contributed by atoms with Gasteiger partial charge in [0.2, 0.25) is 0 Å². The van der Waals surface area contributed by atoms with Crippen molar-refractivity contribution in [3.05, 3.63) is 58.4 Å². The maximum atomic E-state index is 13.8. The molecule has 0 saturated carbocycles. The second kappa shape index (κ2) is 5.92. The Hall–Kier alpha value is -1.78. The van der Waals surface area contributed by atoms with Crippen LogP contribution in [0.5, 0.6) is 11.5 Å². The fourth-order valence-corrected chi connectivity index (χ4v) is 2.53. The van der Waals surface area contributed by atoms with Gasteiger partial charge >= 0.3 is 0 Å². The van der Waals surface area contributed by atoms with Gasteiger partial charge in [-0.15, -0.1) is 0 Å². The van der Waals surface area contributed by atoms with Crippen LogP contribution in [0.2, 0.25) is 5.02 Å². The largest absolute Gasteiger partial charge is 0.490 e. The Labute approximate surface area is 126 Å². The number of rotatable bonds is 2. The summed E-state index contributed by atoms with van der Waals surface area (Å²) in [7, 11) is 0. The second-order valence-electron chi connectivity index (χ2n) is 4.79. The first-order valence-electron chi connectivity index (χ1n) is 6.68. The van der Waals surface area contributed by atoms with Gasteiger partial charge in [0.15, 0.2) is 11.5 Å². The van der Waals surface area contributed by atoms with Crippen molar-refractivity contribution in [1.29, 1.82) is 0 Å². The van der Waals surface area contributed by atoms with E-state index in [1.165, 1.54) is 12.1 Å². The molecule has 1 unspecified atom stereocenters. The summed E-state index contributed by atoms with van der Waals surface area (Å²) in [6, 6.07) is 9.27. The van der Waals surface area contributed by atoms with Crippen molar-refractivity contribution in [3.63, 3.8) is 0 Å². The minimum atomic E-state index is -1.16. The lowest BCUT2D eigenvalue weighted by Crippen LogP contribution is -2.04. The first-order valence-corrected chi connectivity index (χ1v) is 7.06. The van der Waals surface area contributed by atoms with Gasteiger partial charge in [0.1, 0.15) is 11.9 Å². The number of halogens is 2. The van der Waals surface area contributed by atoms with Crippen molar-refractivity contribution in [2.45, 2.75) is 12.5 Å². The first-order chi connectivity index (χ1) is 10.2. The van der Waals surface area contributed by atoms with Crippen LogP contribution in [0.1, 0.15) is 23.7 Å². The number of hydrogen-bond acceptors (Lipinski definition) is 3. The Bertz CT molecular complexity index is 660. The van der Waals surface area contributed by atoms with Crippen LogP contribution >= 0.6 is 11.6 Å². The zero-order chi connectivity index (χ0) is 14.8. The van der Waals surface area contributed by atoms with Crippen molar-refractivity contribution in [1.82, 2.24) is 0 Å². The maximum Gasteiger partial charge on any atom is 0.162 e. The molecule has 21 heavy (non-hydrogen) atoms. The summed E-state index contributed by atoms with van der Waals surface area (Å²) in [5.74, 6) is 0.581. The summed E-state index contributed by atoms with van der Waals surface area (Å²) in [4.78, 5) is 0. The molecule has 0 aliphatic carbocycles. The molecule has 0 fully saturated rings. The predicted molar refractivity (Wildman–Crippen MR) is 77.5 cm³/mol. The molecule has 0 aromatic heterocycles. The van der Waals surface area contributed by atoms with Crippen LogP contribution < -0.4 is 9.47 Å². The molecule has 1 atom stereocenters. The highest BCUT2D eigenvalue weighted by Crippen LogP contribution is 2.39. The summed E-state index contributed by atoms with van der Waals surface area (Å²) in [5.41, 5.74) is 0.569. The van der Waals surface area contributed by atoms with Crippen LogP contribution in [0, 0.1) is 5.82 Å². The zero-order valence-corrected chi connectivity index (χ0v) is 11.9. The first kappa shape index (κ1) is 14.2. The van der Waals surface area contributed by atoms with Gasteiger partial charge in [0.25, 0.3) is 0 Å². The Morgan fingerprint density at radius 3 is 2.43 bits per heavy atom. The third kappa shape index (κ3) is 2.82. The number of benzene rings is 2. The van der Waals surface area contributed by atoms with Crippen LogP contribution in [0.3, 0.4) is 0 Å². The lowest BCUT2D eigenvalue weighted by molar-refractivity contribution is 0.214. The second-order valence-corrected chi connectivity index (χ2v) is 5.20. The number of ether oxygens (including phenoxy) is 2. The molecule has 2 aromatic rings. The fourth-order valence-electron chi connectivity index (χ4n) is 2.27. The number of fused-ring (bicyclic) bond motifs is 1. The minimum Gasteiger partial charge on any atom is -0.490 e. The number of aliphatic hydroxyl groups is 1. The third-order valence-corrected chi connectivity index (χ3v) is 3.69. The molecule has 0 amide bonds. The molecule has 1 N–H and O–H groups in total. The van der Waals surface area contributed by atoms with Gasteiger partial charge in [-0.2, -0.15) is 0 Å². The van der Waals surface area contributed by atoms with E-state index in [0.717, 1.165) is 6.42 Å². The molecule has 5 heteroatoms. The highest BCUT2D eigenvalue weighted by molar-refractivity contribution is 6.31. The lowest BCUT2D eigenvalue weighted by atomic mass is 10.0. The Morgan fingerprint density at radius 2 is 1.71 bits per heavy atom. The smallest absolute Gasteiger partial charge is 0.162 e. The van der Waals surface area contributed by atoms with Crippen molar-refractivity contribution in [2.75, 3.05) is 13.2 Å². The molecular formula is C16H14ClFO3. The van der Waals surface area contributed by atoms with E-state index in [1.807, 2.05) is 0 Å². The number of aliphatic hydroxyl groups excluding tert-OH is 1. The summed E-state index contributed by atoms with van der Waals surface area (Å²) in [6.07, 6.45) is -0.381. The van der Waals surface area contributed by atoms with E-state index in [4.69, 9.17) is 21.1 Å². The highest BCUT2D eigenvalue weighted by atomic mass is 35.5. The number of hydrogen-bond donors (Lipinski definition) is 1. The standard InChI is InChI=1S/C16H14ClFO3/c17-12-9-15-14(20-6-3-7-21-15)8-11(12)16(19)10-4-1-2-5-13(10)18/h1-2,4-5,8-9,16,19H,3,6-7H2. The summed E-state index contributed by atoms with van der Waals surface area (Å²) >= 11 is 6.19. The molecule has 2 aromatic carbocycles. The third-order valence-electron chi connectivity index (χ3n) is 3.36. The normalized spacial score (nSPS) is 15.4. The highest BCUT2D eigenvalue weighted by Gasteiger charge is 2.21. The predicted octanol–water partition coefficient (Wildman–Crippen LogP) is 3.72. The molecule has 1 heterocycles. The van der Waals surface area contributed by atoms with Crippen LogP contribution in [0.4, 0.5) is 4.39 Å². The zero-order valence-electron chi connectivity index (χ0n) is 11.2. The van der Waals surface area contributed by atoms with Crippen LogP contribution in [-0.2, 0) is 0 Å². The van der Waals surface area contributed by atoms with Crippen LogP contribution in [0.15, 0.2) is 36.4 Å². The lowest BCUT2D eigenvalue weighted by Gasteiger charge is -2.16. The van der Waals surface area contributed by atoms with Crippen molar-refractivity contribution in [2.24, 2.45) is 0 Å². The van der Waals surface area contributed by atoms with Crippen LogP contribution in [0.25, 0.3) is 0 Å². The Balaban J connectivity index is 2.02. The van der Waals surface area contributed by atoms with E-state index in [0.29, 0.717) is 35.3 Å². The van der Waals surface area contributed by atoms with Crippen molar-refractivity contribution in [3.8, 4) is 11.5 Å². The SMILES string of the molecule is OC(c1ccccc1F)c1cc2c(cc1Cl)OCCCO2. The van der Waals surface area contributed by atoms with E-state index >= 15 is 0 Å². The van der Waals surface area contributed by atoms with Gasteiger partial charge in [0.05, 0.1) is 18.2 Å². The summed E-state index contributed by atoms with van der Waals surface area (Å²) in [6.45, 7) is 1.09. The maximum absolute atomic E-state index is 13.8. The molecule has 0 spiro atoms. The topological polar surface area (TPSA) is 38.7 Å². The molecule has 1 aliphatic rings. The van der Waals surface area contributed by atoms with Crippen molar-refractivity contribution < 1.29 is 19.0 Å². The monoisotopic (exact) mass is 308 g/mol. The average Bonchev–Trinajstić information content (AvgIpc) is 2.71. The van der Waals surface area contributed by atoms with E-state index in [-0.39, 0.29) is 5.56 Å². The van der Waals surface area contributed by atoms with Gasteiger partial charge in [-0.05, 0) is 12.1 Å². The van der Waals surface area contributed by atoms with Crippen LogP contribution in [-0.4, -0.2) is 18.3 Å². The molecule has 110 valence electrons. The molecule has 1 aliphatic heterocycles. The Morgan fingerprint density at radius 1 is 1.05 bits per heavy atom. The van der Waals surface area contributed by atoms with Gasteiger partial charge < -0.3 is 14.6 Å². The summed E-state index contributed by atoms with van der Waals surface area (Å²) in [5, 5.41) is 10.7. The summed E-state index contributed by atoms with van der Waals surface area (Å²) < 4.78 is 24.9. The molecule has 0 radical (unpaired) electrons. The molecule has 0 bridgehead atoms. The minimum absolute atomic E-state index is 0.175. The average molecular weight is 309 g/mol. The van der Waals surface area contributed by atoms with Gasteiger partial charge in [-0.25, -0.2) is 4.39 Å². The van der Waals surface area contributed by atoms with E-state index in [2.05, 4.69) is 0 Å². The van der Waals surface area contributed by atoms with Gasteiger partial charge in [0, 0.05) is 23.6 Å². The van der Waals surface area contributed by atoms with Gasteiger partial charge in [-0.1, -0.05) is 29.8 Å². The van der Waals surface area contributed by atoms with E-state index in [1.54, 1.807) is 24.3 Å². The molecule has 3 rings (SSSR count).